The predicted octanol–water partition coefficient (Wildman–Crippen LogP) is 3.60. The largest absolute Gasteiger partial charge is 0.507 e. The van der Waals surface area contributed by atoms with Crippen LogP contribution in [0, 0.1) is 5.92 Å². The van der Waals surface area contributed by atoms with E-state index in [2.05, 4.69) is 4.90 Å². The van der Waals surface area contributed by atoms with Gasteiger partial charge < -0.3 is 24.6 Å². The summed E-state index contributed by atoms with van der Waals surface area (Å²) in [7, 11) is 4.89. The van der Waals surface area contributed by atoms with Gasteiger partial charge >= 0.3 is 0 Å². The Balaban J connectivity index is 2.08. The number of carbonyl (C=O) groups is 1. The number of aliphatic hydroxyl groups is 1. The summed E-state index contributed by atoms with van der Waals surface area (Å²) in [5.74, 6) is -0.216. The fourth-order valence-corrected chi connectivity index (χ4v) is 4.22. The Labute approximate surface area is 181 Å². The standard InChI is InChI=1S/C23H26ClNO5/c1-25-11-15(13-26)16(12-25)21-19(29-2)10-20(30-3)22(23(21)28)18(27)9-8-14-6-4-5-7-17(14)24/h4-10,15-16,26,28H,11-13H2,1-3H3. The first kappa shape index (κ1) is 22.2. The minimum atomic E-state index is -0.417. The molecule has 2 N–H and O–H groups in total. The molecule has 1 aliphatic heterocycles. The predicted molar refractivity (Wildman–Crippen MR) is 117 cm³/mol. The molecule has 0 spiro atoms. The molecule has 1 heterocycles. The first-order valence-electron chi connectivity index (χ1n) is 9.65. The number of carbonyl (C=O) groups excluding carboxylic acids is 1. The zero-order valence-electron chi connectivity index (χ0n) is 17.3. The van der Waals surface area contributed by atoms with E-state index in [1.807, 2.05) is 19.2 Å². The smallest absolute Gasteiger partial charge is 0.193 e. The zero-order valence-corrected chi connectivity index (χ0v) is 18.0. The third-order valence-corrected chi connectivity index (χ3v) is 5.84. The van der Waals surface area contributed by atoms with Gasteiger partial charge in [-0.05, 0) is 30.8 Å². The number of rotatable bonds is 7. The Morgan fingerprint density at radius 2 is 1.93 bits per heavy atom. The number of phenols is 1. The zero-order chi connectivity index (χ0) is 21.8. The summed E-state index contributed by atoms with van der Waals surface area (Å²) in [4.78, 5) is 15.1. The van der Waals surface area contributed by atoms with Crippen molar-refractivity contribution in [2.45, 2.75) is 5.92 Å². The van der Waals surface area contributed by atoms with Crippen molar-refractivity contribution in [2.24, 2.45) is 5.92 Å². The number of hydrogen-bond acceptors (Lipinski definition) is 6. The molecule has 0 aromatic heterocycles. The van der Waals surface area contributed by atoms with E-state index in [4.69, 9.17) is 21.1 Å². The van der Waals surface area contributed by atoms with E-state index in [1.54, 1.807) is 24.3 Å². The number of benzene rings is 2. The average Bonchev–Trinajstić information content (AvgIpc) is 3.12. The third kappa shape index (κ3) is 4.31. The molecule has 6 nitrogen and oxygen atoms in total. The van der Waals surface area contributed by atoms with E-state index in [1.165, 1.54) is 20.3 Å². The van der Waals surface area contributed by atoms with Gasteiger partial charge in [-0.15, -0.1) is 0 Å². The first-order chi connectivity index (χ1) is 14.4. The summed E-state index contributed by atoms with van der Waals surface area (Å²) in [5.41, 5.74) is 1.26. The number of halogens is 1. The number of ketones is 1. The molecule has 0 amide bonds. The Kier molecular flexibility index (Phi) is 7.02. The lowest BCUT2D eigenvalue weighted by Gasteiger charge is -2.23. The molecule has 30 heavy (non-hydrogen) atoms. The molecular formula is C23H26ClNO5. The molecule has 1 aliphatic rings. The lowest BCUT2D eigenvalue weighted by molar-refractivity contribution is 0.104. The van der Waals surface area contributed by atoms with Crippen LogP contribution in [0.4, 0.5) is 0 Å². The second kappa shape index (κ2) is 9.51. The summed E-state index contributed by atoms with van der Waals surface area (Å²) in [6, 6.07) is 8.77. The van der Waals surface area contributed by atoms with Crippen LogP contribution in [0.3, 0.4) is 0 Å². The summed E-state index contributed by atoms with van der Waals surface area (Å²) < 4.78 is 10.9. The van der Waals surface area contributed by atoms with E-state index < -0.39 is 5.78 Å². The Bertz CT molecular complexity index is 959. The van der Waals surface area contributed by atoms with Crippen molar-refractivity contribution in [3.63, 3.8) is 0 Å². The van der Waals surface area contributed by atoms with E-state index in [0.29, 0.717) is 35.0 Å². The van der Waals surface area contributed by atoms with Gasteiger partial charge in [0, 0.05) is 48.2 Å². The Morgan fingerprint density at radius 1 is 1.23 bits per heavy atom. The van der Waals surface area contributed by atoms with Crippen LogP contribution in [-0.2, 0) is 0 Å². The highest BCUT2D eigenvalue weighted by atomic mass is 35.5. The number of likely N-dealkylation sites (tertiary alicyclic amines) is 1. The van der Waals surface area contributed by atoms with Crippen LogP contribution in [0.15, 0.2) is 36.4 Å². The maximum atomic E-state index is 13.0. The number of phenolic OH excluding ortho intramolecular Hbond substituents is 1. The number of allylic oxidation sites excluding steroid dienone is 1. The van der Waals surface area contributed by atoms with Gasteiger partial charge in [-0.2, -0.15) is 0 Å². The molecule has 2 atom stereocenters. The minimum absolute atomic E-state index is 0.0285. The lowest BCUT2D eigenvalue weighted by Crippen LogP contribution is -2.17. The van der Waals surface area contributed by atoms with E-state index in [0.717, 1.165) is 0 Å². The third-order valence-electron chi connectivity index (χ3n) is 5.50. The van der Waals surface area contributed by atoms with Gasteiger partial charge in [0.15, 0.2) is 5.78 Å². The van der Waals surface area contributed by atoms with Gasteiger partial charge in [0.05, 0.1) is 14.2 Å². The van der Waals surface area contributed by atoms with E-state index in [-0.39, 0.29) is 35.5 Å². The molecule has 1 saturated heterocycles. The van der Waals surface area contributed by atoms with Crippen molar-refractivity contribution >= 4 is 23.5 Å². The van der Waals surface area contributed by atoms with Gasteiger partial charge in [-0.1, -0.05) is 29.8 Å². The molecule has 160 valence electrons. The monoisotopic (exact) mass is 431 g/mol. The molecule has 2 aromatic rings. The quantitative estimate of drug-likeness (QED) is 0.515. The van der Waals surface area contributed by atoms with Crippen LogP contribution in [0.2, 0.25) is 5.02 Å². The van der Waals surface area contributed by atoms with Crippen molar-refractivity contribution in [2.75, 3.05) is 41.0 Å². The summed E-state index contributed by atoms with van der Waals surface area (Å²) in [6.07, 6.45) is 2.96. The van der Waals surface area contributed by atoms with E-state index in [9.17, 15) is 15.0 Å². The fourth-order valence-electron chi connectivity index (χ4n) is 4.02. The number of hydrogen-bond donors (Lipinski definition) is 2. The van der Waals surface area contributed by atoms with Gasteiger partial charge in [0.25, 0.3) is 0 Å². The van der Waals surface area contributed by atoms with Crippen molar-refractivity contribution < 1.29 is 24.5 Å². The van der Waals surface area contributed by atoms with Gasteiger partial charge in [-0.3, -0.25) is 4.79 Å². The summed E-state index contributed by atoms with van der Waals surface area (Å²) >= 11 is 6.16. The maximum absolute atomic E-state index is 13.0. The summed E-state index contributed by atoms with van der Waals surface area (Å²) in [5, 5.41) is 21.5. The number of likely N-dealkylation sites (N-methyl/N-ethyl adjacent to an activating group) is 1. The molecule has 1 fully saturated rings. The van der Waals surface area contributed by atoms with Gasteiger partial charge in [-0.25, -0.2) is 0 Å². The van der Waals surface area contributed by atoms with Crippen LogP contribution in [-0.4, -0.2) is 61.9 Å². The minimum Gasteiger partial charge on any atom is -0.507 e. The van der Waals surface area contributed by atoms with Gasteiger partial charge in [0.2, 0.25) is 0 Å². The van der Waals surface area contributed by atoms with Crippen LogP contribution in [0.25, 0.3) is 6.08 Å². The normalized spacial score (nSPS) is 19.4. The lowest BCUT2D eigenvalue weighted by atomic mass is 9.86. The maximum Gasteiger partial charge on any atom is 0.193 e. The highest BCUT2D eigenvalue weighted by Gasteiger charge is 2.37. The van der Waals surface area contributed by atoms with Crippen molar-refractivity contribution in [3.05, 3.63) is 58.1 Å². The van der Waals surface area contributed by atoms with Crippen LogP contribution in [0.5, 0.6) is 17.2 Å². The molecule has 0 saturated carbocycles. The van der Waals surface area contributed by atoms with Crippen molar-refractivity contribution in [3.8, 4) is 17.2 Å². The topological polar surface area (TPSA) is 79.2 Å². The Morgan fingerprint density at radius 3 is 2.57 bits per heavy atom. The van der Waals surface area contributed by atoms with Crippen molar-refractivity contribution in [1.82, 2.24) is 4.90 Å². The Hall–Kier alpha value is -2.54. The fraction of sp³-hybridized carbons (Fsp3) is 0.348. The molecule has 2 aromatic carbocycles. The molecule has 0 aliphatic carbocycles. The highest BCUT2D eigenvalue weighted by molar-refractivity contribution is 6.32. The summed E-state index contributed by atoms with van der Waals surface area (Å²) in [6.45, 7) is 1.29. The highest BCUT2D eigenvalue weighted by Crippen LogP contribution is 2.47. The number of nitrogens with zero attached hydrogens (tertiary/aromatic N) is 1. The molecular weight excluding hydrogens is 406 g/mol. The molecule has 2 unspecified atom stereocenters. The first-order valence-corrected chi connectivity index (χ1v) is 10.0. The average molecular weight is 432 g/mol. The van der Waals surface area contributed by atoms with Gasteiger partial charge in [0.1, 0.15) is 22.8 Å². The molecule has 0 bridgehead atoms. The number of ether oxygens (including phenoxy) is 2. The number of aromatic hydroxyl groups is 1. The second-order valence-corrected chi connectivity index (χ2v) is 7.82. The second-order valence-electron chi connectivity index (χ2n) is 7.41. The molecule has 3 rings (SSSR count). The van der Waals surface area contributed by atoms with Crippen LogP contribution < -0.4 is 9.47 Å². The van der Waals surface area contributed by atoms with Crippen LogP contribution in [0.1, 0.15) is 27.4 Å². The van der Waals surface area contributed by atoms with Crippen molar-refractivity contribution in [1.29, 1.82) is 0 Å². The van der Waals surface area contributed by atoms with Crippen LogP contribution >= 0.6 is 11.6 Å². The SMILES string of the molecule is COc1cc(OC)c(C2CN(C)CC2CO)c(O)c1C(=O)C=Cc1ccccc1Cl. The number of methoxy groups -OCH3 is 2. The molecule has 0 radical (unpaired) electrons. The molecule has 7 heteroatoms. The number of aliphatic hydroxyl groups excluding tert-OH is 1. The van der Waals surface area contributed by atoms with E-state index >= 15 is 0 Å².